The first kappa shape index (κ1) is 14.9. The van der Waals surface area contributed by atoms with Crippen molar-refractivity contribution in [1.82, 2.24) is 5.32 Å². The summed E-state index contributed by atoms with van der Waals surface area (Å²) in [6, 6.07) is 5.52. The van der Waals surface area contributed by atoms with Gasteiger partial charge in [0.1, 0.15) is 5.82 Å². The van der Waals surface area contributed by atoms with E-state index >= 15 is 0 Å². The van der Waals surface area contributed by atoms with Gasteiger partial charge in [0, 0.05) is 12.5 Å². The van der Waals surface area contributed by atoms with E-state index in [9.17, 15) is 9.50 Å². The molecule has 0 saturated heterocycles. The molecule has 0 aliphatic heterocycles. The first-order chi connectivity index (χ1) is 9.04. The third-order valence-electron chi connectivity index (χ3n) is 3.96. The van der Waals surface area contributed by atoms with Crippen LogP contribution in [0.1, 0.15) is 38.2 Å². The van der Waals surface area contributed by atoms with Crippen LogP contribution in [0.25, 0.3) is 0 Å². The Labute approximate surface area is 122 Å². The molecule has 19 heavy (non-hydrogen) atoms. The van der Waals surface area contributed by atoms with Crippen molar-refractivity contribution in [3.05, 3.63) is 34.1 Å². The number of nitrogens with one attached hydrogen (secondary N) is 1. The van der Waals surface area contributed by atoms with Gasteiger partial charge < -0.3 is 10.4 Å². The van der Waals surface area contributed by atoms with Crippen LogP contribution in [0.3, 0.4) is 0 Å². The maximum Gasteiger partial charge on any atom is 0.137 e. The van der Waals surface area contributed by atoms with Crippen LogP contribution in [0.4, 0.5) is 4.39 Å². The second kappa shape index (κ2) is 6.33. The molecule has 1 fully saturated rings. The molecule has 0 unspecified atom stereocenters. The summed E-state index contributed by atoms with van der Waals surface area (Å²) < 4.78 is 14.0. The largest absolute Gasteiger partial charge is 0.390 e. The normalized spacial score (nSPS) is 27.5. The van der Waals surface area contributed by atoms with Crippen LogP contribution < -0.4 is 5.32 Å². The van der Waals surface area contributed by atoms with E-state index in [1.165, 1.54) is 6.07 Å². The zero-order chi connectivity index (χ0) is 13.9. The minimum absolute atomic E-state index is 0.262. The van der Waals surface area contributed by atoms with E-state index in [1.807, 2.05) is 6.07 Å². The quantitative estimate of drug-likeness (QED) is 0.887. The Bertz CT molecular complexity index is 430. The molecular formula is C15H21BrFNO. The second-order valence-electron chi connectivity index (χ2n) is 5.45. The number of aliphatic hydroxyl groups is 1. The molecule has 1 saturated carbocycles. The lowest BCUT2D eigenvalue weighted by molar-refractivity contribution is -0.00312. The fourth-order valence-corrected chi connectivity index (χ4v) is 3.27. The summed E-state index contributed by atoms with van der Waals surface area (Å²) in [6.07, 6.45) is 4.03. The predicted molar refractivity (Wildman–Crippen MR) is 78.7 cm³/mol. The van der Waals surface area contributed by atoms with E-state index in [0.717, 1.165) is 37.8 Å². The van der Waals surface area contributed by atoms with E-state index in [-0.39, 0.29) is 5.82 Å². The van der Waals surface area contributed by atoms with E-state index < -0.39 is 5.60 Å². The van der Waals surface area contributed by atoms with Crippen molar-refractivity contribution in [3.63, 3.8) is 0 Å². The van der Waals surface area contributed by atoms with Crippen LogP contribution in [-0.2, 0) is 6.42 Å². The second-order valence-corrected chi connectivity index (χ2v) is 6.24. The SMILES string of the molecule is CCNC1CCC(O)(Cc2cccc(F)c2Br)CC1. The van der Waals surface area contributed by atoms with Crippen LogP contribution in [0.2, 0.25) is 0 Å². The van der Waals surface area contributed by atoms with Crippen LogP contribution in [-0.4, -0.2) is 23.3 Å². The first-order valence-corrected chi connectivity index (χ1v) is 7.72. The van der Waals surface area contributed by atoms with E-state index in [2.05, 4.69) is 28.2 Å². The maximum atomic E-state index is 13.5. The van der Waals surface area contributed by atoms with Gasteiger partial charge in [-0.15, -0.1) is 0 Å². The average molecular weight is 330 g/mol. The summed E-state index contributed by atoms with van der Waals surface area (Å²) in [7, 11) is 0. The zero-order valence-electron chi connectivity index (χ0n) is 11.3. The Hall–Kier alpha value is -0.450. The highest BCUT2D eigenvalue weighted by Gasteiger charge is 2.33. The summed E-state index contributed by atoms with van der Waals surface area (Å²) >= 11 is 3.27. The van der Waals surface area contributed by atoms with Crippen molar-refractivity contribution in [2.45, 2.75) is 50.7 Å². The Morgan fingerprint density at radius 2 is 2.11 bits per heavy atom. The van der Waals surface area contributed by atoms with Crippen LogP contribution in [0, 0.1) is 5.82 Å². The smallest absolute Gasteiger partial charge is 0.137 e. The van der Waals surface area contributed by atoms with Crippen molar-refractivity contribution in [2.75, 3.05) is 6.54 Å². The predicted octanol–water partition coefficient (Wildman–Crippen LogP) is 3.41. The molecule has 106 valence electrons. The van der Waals surface area contributed by atoms with E-state index in [0.29, 0.717) is 16.9 Å². The van der Waals surface area contributed by atoms with Crippen molar-refractivity contribution in [3.8, 4) is 0 Å². The summed E-state index contributed by atoms with van der Waals surface area (Å²) in [4.78, 5) is 0. The molecular weight excluding hydrogens is 309 g/mol. The molecule has 0 spiro atoms. The number of hydrogen-bond acceptors (Lipinski definition) is 2. The average Bonchev–Trinajstić information content (AvgIpc) is 2.38. The summed E-state index contributed by atoms with van der Waals surface area (Å²) in [5, 5.41) is 14.1. The van der Waals surface area contributed by atoms with Gasteiger partial charge in [0.2, 0.25) is 0 Å². The molecule has 0 bridgehead atoms. The van der Waals surface area contributed by atoms with Gasteiger partial charge in [0.25, 0.3) is 0 Å². The van der Waals surface area contributed by atoms with Gasteiger partial charge in [0.15, 0.2) is 0 Å². The van der Waals surface area contributed by atoms with E-state index in [1.54, 1.807) is 6.07 Å². The topological polar surface area (TPSA) is 32.3 Å². The van der Waals surface area contributed by atoms with Gasteiger partial charge in [-0.05, 0) is 59.8 Å². The summed E-state index contributed by atoms with van der Waals surface area (Å²) in [6.45, 7) is 3.07. The minimum Gasteiger partial charge on any atom is -0.390 e. The molecule has 0 atom stereocenters. The van der Waals surface area contributed by atoms with Crippen LogP contribution in [0.15, 0.2) is 22.7 Å². The molecule has 1 aromatic rings. The Morgan fingerprint density at radius 3 is 2.74 bits per heavy atom. The monoisotopic (exact) mass is 329 g/mol. The van der Waals surface area contributed by atoms with Gasteiger partial charge >= 0.3 is 0 Å². The van der Waals surface area contributed by atoms with Gasteiger partial charge in [0.05, 0.1) is 10.1 Å². The number of halogens is 2. The molecule has 0 radical (unpaired) electrons. The van der Waals surface area contributed by atoms with Gasteiger partial charge in [-0.3, -0.25) is 0 Å². The minimum atomic E-state index is -0.692. The number of hydrogen-bond donors (Lipinski definition) is 2. The molecule has 0 heterocycles. The number of benzene rings is 1. The van der Waals surface area contributed by atoms with Crippen LogP contribution >= 0.6 is 15.9 Å². The van der Waals surface area contributed by atoms with Crippen LogP contribution in [0.5, 0.6) is 0 Å². The molecule has 4 heteroatoms. The van der Waals surface area contributed by atoms with Crippen molar-refractivity contribution >= 4 is 15.9 Å². The fraction of sp³-hybridized carbons (Fsp3) is 0.600. The standard InChI is InChI=1S/C15H21BrFNO/c1-2-18-12-6-8-15(19,9-7-12)10-11-4-3-5-13(17)14(11)16/h3-5,12,18-19H,2,6-10H2,1H3. The Balaban J connectivity index is 2.01. The molecule has 2 rings (SSSR count). The summed E-state index contributed by atoms with van der Waals surface area (Å²) in [5.41, 5.74) is 0.159. The number of rotatable bonds is 4. The van der Waals surface area contributed by atoms with Gasteiger partial charge in [-0.2, -0.15) is 0 Å². The fourth-order valence-electron chi connectivity index (χ4n) is 2.86. The zero-order valence-corrected chi connectivity index (χ0v) is 12.8. The third-order valence-corrected chi connectivity index (χ3v) is 4.85. The van der Waals surface area contributed by atoms with Crippen molar-refractivity contribution < 1.29 is 9.50 Å². The lowest BCUT2D eigenvalue weighted by Gasteiger charge is -2.36. The molecule has 1 aliphatic carbocycles. The highest BCUT2D eigenvalue weighted by molar-refractivity contribution is 9.10. The Morgan fingerprint density at radius 1 is 1.42 bits per heavy atom. The highest BCUT2D eigenvalue weighted by Crippen LogP contribution is 2.33. The Kier molecular flexibility index (Phi) is 4.98. The molecule has 1 aromatic carbocycles. The van der Waals surface area contributed by atoms with Gasteiger partial charge in [-0.1, -0.05) is 19.1 Å². The van der Waals surface area contributed by atoms with E-state index in [4.69, 9.17) is 0 Å². The highest BCUT2D eigenvalue weighted by atomic mass is 79.9. The molecule has 2 N–H and O–H groups in total. The first-order valence-electron chi connectivity index (χ1n) is 6.93. The lowest BCUT2D eigenvalue weighted by atomic mass is 9.78. The third kappa shape index (κ3) is 3.77. The van der Waals surface area contributed by atoms with Crippen molar-refractivity contribution in [1.29, 1.82) is 0 Å². The molecule has 0 aromatic heterocycles. The molecule has 2 nitrogen and oxygen atoms in total. The molecule has 0 amide bonds. The van der Waals surface area contributed by atoms with Crippen molar-refractivity contribution in [2.24, 2.45) is 0 Å². The van der Waals surface area contributed by atoms with Gasteiger partial charge in [-0.25, -0.2) is 4.39 Å². The molecule has 1 aliphatic rings. The maximum absolute atomic E-state index is 13.5. The summed E-state index contributed by atoms with van der Waals surface area (Å²) in [5.74, 6) is -0.262. The lowest BCUT2D eigenvalue weighted by Crippen LogP contribution is -2.42.